The monoisotopic (exact) mass is 257 g/mol. The fraction of sp³-hybridized carbons (Fsp3) is 0.938. The first-order chi connectivity index (χ1) is 8.41. The van der Waals surface area contributed by atoms with Crippen LogP contribution in [0.15, 0.2) is 0 Å². The number of rotatable bonds is 14. The van der Waals surface area contributed by atoms with Crippen LogP contribution in [0, 0.1) is 5.75 Å². The molecule has 0 saturated heterocycles. The second kappa shape index (κ2) is 16.4. The van der Waals surface area contributed by atoms with Gasteiger partial charge in [-0.25, -0.2) is 0 Å². The van der Waals surface area contributed by atoms with Gasteiger partial charge in [-0.2, -0.15) is 11.8 Å². The zero-order chi connectivity index (χ0) is 12.6. The summed E-state index contributed by atoms with van der Waals surface area (Å²) in [6, 6.07) is 0. The van der Waals surface area contributed by atoms with Crippen LogP contribution in [0.1, 0.15) is 90.4 Å². The molecular formula is C16H33S. The quantitative estimate of drug-likeness (QED) is 0.316. The van der Waals surface area contributed by atoms with Crippen LogP contribution in [0.3, 0.4) is 0 Å². The molecule has 0 saturated carbocycles. The van der Waals surface area contributed by atoms with E-state index < -0.39 is 0 Å². The molecule has 0 nitrogen and oxygen atoms in total. The van der Waals surface area contributed by atoms with Gasteiger partial charge in [0.2, 0.25) is 0 Å². The van der Waals surface area contributed by atoms with Crippen molar-refractivity contribution in [1.29, 1.82) is 0 Å². The van der Waals surface area contributed by atoms with Crippen LogP contribution >= 0.6 is 11.8 Å². The van der Waals surface area contributed by atoms with Crippen molar-refractivity contribution in [1.82, 2.24) is 0 Å². The largest absolute Gasteiger partial charge is 0.161 e. The molecule has 0 bridgehead atoms. The highest BCUT2D eigenvalue weighted by atomic mass is 32.2. The van der Waals surface area contributed by atoms with Gasteiger partial charge >= 0.3 is 0 Å². The minimum Gasteiger partial charge on any atom is -0.161 e. The Labute approximate surface area is 114 Å². The molecule has 0 rings (SSSR count). The maximum absolute atomic E-state index is 2.33. The van der Waals surface area contributed by atoms with Gasteiger partial charge in [0, 0.05) is 5.75 Å². The third-order valence-corrected chi connectivity index (χ3v) is 3.91. The zero-order valence-electron chi connectivity index (χ0n) is 12.2. The Balaban J connectivity index is 2.85. The molecule has 0 fully saturated rings. The maximum Gasteiger partial charge on any atom is 0.0163 e. The molecule has 17 heavy (non-hydrogen) atoms. The molecule has 103 valence electrons. The van der Waals surface area contributed by atoms with Gasteiger partial charge < -0.3 is 0 Å². The molecule has 0 aromatic carbocycles. The Hall–Kier alpha value is 0.350. The summed E-state index contributed by atoms with van der Waals surface area (Å²) < 4.78 is 0. The lowest BCUT2D eigenvalue weighted by molar-refractivity contribution is 0.544. The maximum atomic E-state index is 2.33. The molecule has 0 amide bonds. The highest BCUT2D eigenvalue weighted by molar-refractivity contribution is 8.00. The van der Waals surface area contributed by atoms with Gasteiger partial charge in [0.05, 0.1) is 0 Å². The predicted molar refractivity (Wildman–Crippen MR) is 83.5 cm³/mol. The Morgan fingerprint density at radius 3 is 1.47 bits per heavy atom. The standard InChI is InChI=1S/C16H33S/c1-3-4-5-6-7-8-9-10-11-12-13-14-15-16-17-2/h16H,3-15H2,1-2H3. The van der Waals surface area contributed by atoms with Crippen LogP contribution in [0.4, 0.5) is 0 Å². The highest BCUT2D eigenvalue weighted by Gasteiger charge is 1.93. The van der Waals surface area contributed by atoms with Crippen LogP contribution in [0.5, 0.6) is 0 Å². The first-order valence-electron chi connectivity index (χ1n) is 7.76. The van der Waals surface area contributed by atoms with Crippen LogP contribution in [0.25, 0.3) is 0 Å². The van der Waals surface area contributed by atoms with Gasteiger partial charge in [-0.1, -0.05) is 84.0 Å². The lowest BCUT2D eigenvalue weighted by Crippen LogP contribution is -1.82. The van der Waals surface area contributed by atoms with Crippen molar-refractivity contribution in [3.63, 3.8) is 0 Å². The van der Waals surface area contributed by atoms with Crippen molar-refractivity contribution in [3.8, 4) is 0 Å². The molecule has 0 aromatic heterocycles. The summed E-state index contributed by atoms with van der Waals surface area (Å²) in [6.45, 7) is 2.29. The fourth-order valence-electron chi connectivity index (χ4n) is 2.19. The van der Waals surface area contributed by atoms with Gasteiger partial charge in [-0.15, -0.1) is 0 Å². The van der Waals surface area contributed by atoms with E-state index in [1.54, 1.807) is 0 Å². The molecule has 0 unspecified atom stereocenters. The minimum absolute atomic E-state index is 1.30. The van der Waals surface area contributed by atoms with Crippen LogP contribution in [-0.2, 0) is 0 Å². The molecule has 0 N–H and O–H groups in total. The SMILES string of the molecule is CCCCCCCCCCCCCC[CH]SC. The van der Waals surface area contributed by atoms with E-state index in [1.807, 2.05) is 11.8 Å². The van der Waals surface area contributed by atoms with E-state index in [1.165, 1.54) is 83.5 Å². The minimum atomic E-state index is 1.30. The molecule has 1 heteroatoms. The van der Waals surface area contributed by atoms with Gasteiger partial charge in [-0.3, -0.25) is 0 Å². The Bertz CT molecular complexity index is 109. The summed E-state index contributed by atoms with van der Waals surface area (Å²) in [5.41, 5.74) is 0. The second-order valence-electron chi connectivity index (χ2n) is 5.08. The van der Waals surface area contributed by atoms with Crippen LogP contribution in [0.2, 0.25) is 0 Å². The summed E-state index contributed by atoms with van der Waals surface area (Å²) >= 11 is 1.86. The molecule has 1 radical (unpaired) electrons. The first-order valence-corrected chi connectivity index (χ1v) is 9.05. The Kier molecular flexibility index (Phi) is 16.7. The molecule has 0 aliphatic carbocycles. The first kappa shape index (κ1) is 17.4. The van der Waals surface area contributed by atoms with Crippen molar-refractivity contribution >= 4 is 11.8 Å². The van der Waals surface area contributed by atoms with Crippen molar-refractivity contribution in [2.45, 2.75) is 90.4 Å². The topological polar surface area (TPSA) is 0 Å². The fourth-order valence-corrected chi connectivity index (χ4v) is 2.59. The van der Waals surface area contributed by atoms with Gasteiger partial charge in [0.15, 0.2) is 0 Å². The van der Waals surface area contributed by atoms with Crippen LogP contribution < -0.4 is 0 Å². The van der Waals surface area contributed by atoms with E-state index in [0.29, 0.717) is 0 Å². The Morgan fingerprint density at radius 2 is 1.06 bits per heavy atom. The second-order valence-corrected chi connectivity index (χ2v) is 5.88. The molecular weight excluding hydrogens is 224 g/mol. The molecule has 0 aromatic rings. The van der Waals surface area contributed by atoms with Crippen molar-refractivity contribution in [3.05, 3.63) is 5.75 Å². The van der Waals surface area contributed by atoms with E-state index in [-0.39, 0.29) is 0 Å². The van der Waals surface area contributed by atoms with Gasteiger partial charge in [0.25, 0.3) is 0 Å². The van der Waals surface area contributed by atoms with E-state index in [2.05, 4.69) is 18.9 Å². The molecule has 0 atom stereocenters. The van der Waals surface area contributed by atoms with E-state index in [9.17, 15) is 0 Å². The number of hydrogen-bond acceptors (Lipinski definition) is 1. The van der Waals surface area contributed by atoms with Gasteiger partial charge in [-0.05, 0) is 12.7 Å². The number of unbranched alkanes of at least 4 members (excludes halogenated alkanes) is 12. The third-order valence-electron chi connectivity index (χ3n) is 3.34. The molecule has 0 aliphatic heterocycles. The van der Waals surface area contributed by atoms with Crippen molar-refractivity contribution < 1.29 is 0 Å². The normalized spacial score (nSPS) is 10.9. The average Bonchev–Trinajstić information content (AvgIpc) is 2.35. The predicted octanol–water partition coefficient (Wildman–Crippen LogP) is 6.60. The summed E-state index contributed by atoms with van der Waals surface area (Å²) in [5, 5.41) is 0. The Morgan fingerprint density at radius 1 is 0.647 bits per heavy atom. The van der Waals surface area contributed by atoms with E-state index in [4.69, 9.17) is 0 Å². The van der Waals surface area contributed by atoms with Crippen LogP contribution in [-0.4, -0.2) is 6.26 Å². The smallest absolute Gasteiger partial charge is 0.0163 e. The summed E-state index contributed by atoms with van der Waals surface area (Å²) in [5.74, 6) is 2.33. The number of thioether (sulfide) groups is 1. The van der Waals surface area contributed by atoms with Gasteiger partial charge in [0.1, 0.15) is 0 Å². The zero-order valence-corrected chi connectivity index (χ0v) is 13.0. The molecule has 0 spiro atoms. The summed E-state index contributed by atoms with van der Waals surface area (Å²) in [6.07, 6.45) is 20.9. The molecule has 0 aliphatic rings. The van der Waals surface area contributed by atoms with E-state index in [0.717, 1.165) is 0 Å². The van der Waals surface area contributed by atoms with Crippen molar-refractivity contribution in [2.75, 3.05) is 6.26 Å². The van der Waals surface area contributed by atoms with E-state index >= 15 is 0 Å². The van der Waals surface area contributed by atoms with Crippen molar-refractivity contribution in [2.24, 2.45) is 0 Å². The lowest BCUT2D eigenvalue weighted by atomic mass is 10.1. The summed E-state index contributed by atoms with van der Waals surface area (Å²) in [7, 11) is 0. The highest BCUT2D eigenvalue weighted by Crippen LogP contribution is 2.14. The average molecular weight is 258 g/mol. The molecule has 0 heterocycles. The summed E-state index contributed by atoms with van der Waals surface area (Å²) in [4.78, 5) is 0. The third kappa shape index (κ3) is 16.4. The lowest BCUT2D eigenvalue weighted by Gasteiger charge is -2.02. The number of hydrogen-bond donors (Lipinski definition) is 0.